The molecular formula is C28H25F3N6O2. The standard InChI is InChI=1S/C28H25F3N6O2/c1-17-14-37(16-34-17)23-11-20(10-21(12-23)28(29,30)31)26(38)35-22-4-3-19-6-8-36(25(19)13-22)15-18-5-7-33-24(9-18)27(39)32-2/h3-5,7,9-14,16H,6,8,15H2,1-2H3,(H,32,39)(H,35,38). The molecule has 1 aliphatic heterocycles. The third kappa shape index (κ3) is 5.62. The van der Waals surface area contributed by atoms with Crippen molar-refractivity contribution in [2.24, 2.45) is 0 Å². The number of carbonyl (C=O) groups is 2. The van der Waals surface area contributed by atoms with E-state index in [0.717, 1.165) is 41.9 Å². The molecule has 2 N–H and O–H groups in total. The summed E-state index contributed by atoms with van der Waals surface area (Å²) in [6.45, 7) is 2.99. The molecule has 2 amide bonds. The molecule has 200 valence electrons. The van der Waals surface area contributed by atoms with Gasteiger partial charge < -0.3 is 20.1 Å². The first-order valence-electron chi connectivity index (χ1n) is 12.2. The Kier molecular flexibility index (Phi) is 6.81. The second-order valence-corrected chi connectivity index (χ2v) is 9.29. The van der Waals surface area contributed by atoms with E-state index in [1.165, 1.54) is 17.0 Å². The molecule has 2 aromatic heterocycles. The van der Waals surface area contributed by atoms with Gasteiger partial charge in [0.05, 0.1) is 17.6 Å². The number of hydrogen-bond donors (Lipinski definition) is 2. The number of benzene rings is 2. The van der Waals surface area contributed by atoms with Crippen molar-refractivity contribution in [3.63, 3.8) is 0 Å². The SMILES string of the molecule is CNC(=O)c1cc(CN2CCc3ccc(NC(=O)c4cc(-n5cnc(C)c5)cc(C(F)(F)F)c4)cc32)ccn1. The van der Waals surface area contributed by atoms with Gasteiger partial charge in [0, 0.05) is 55.2 Å². The molecule has 0 saturated heterocycles. The number of fused-ring (bicyclic) bond motifs is 1. The van der Waals surface area contributed by atoms with Crippen LogP contribution in [0.2, 0.25) is 0 Å². The highest BCUT2D eigenvalue weighted by molar-refractivity contribution is 6.05. The van der Waals surface area contributed by atoms with E-state index in [4.69, 9.17) is 0 Å². The Bertz CT molecular complexity index is 1560. The molecule has 5 rings (SSSR count). The first kappa shape index (κ1) is 26.0. The van der Waals surface area contributed by atoms with Crippen LogP contribution in [0.5, 0.6) is 0 Å². The number of aryl methyl sites for hydroxylation is 1. The predicted octanol–water partition coefficient (Wildman–Crippen LogP) is 4.77. The molecule has 3 heterocycles. The summed E-state index contributed by atoms with van der Waals surface area (Å²) >= 11 is 0. The number of pyridine rings is 1. The van der Waals surface area contributed by atoms with Crippen molar-refractivity contribution in [2.45, 2.75) is 26.1 Å². The number of carbonyl (C=O) groups excluding carboxylic acids is 2. The molecule has 0 spiro atoms. The van der Waals surface area contributed by atoms with E-state index < -0.39 is 17.6 Å². The van der Waals surface area contributed by atoms with Crippen LogP contribution in [-0.2, 0) is 19.1 Å². The van der Waals surface area contributed by atoms with Gasteiger partial charge in [0.15, 0.2) is 0 Å². The van der Waals surface area contributed by atoms with E-state index in [-0.39, 0.29) is 17.2 Å². The highest BCUT2D eigenvalue weighted by Crippen LogP contribution is 2.34. The Morgan fingerprint density at radius 1 is 1.03 bits per heavy atom. The molecule has 11 heteroatoms. The van der Waals surface area contributed by atoms with Crippen molar-refractivity contribution in [2.75, 3.05) is 23.8 Å². The first-order chi connectivity index (χ1) is 18.6. The molecule has 2 aromatic carbocycles. The van der Waals surface area contributed by atoms with Crippen LogP contribution in [-0.4, -0.2) is 39.9 Å². The van der Waals surface area contributed by atoms with Crippen LogP contribution in [0.1, 0.15) is 43.2 Å². The molecule has 0 unspecified atom stereocenters. The zero-order chi connectivity index (χ0) is 27.7. The molecular weight excluding hydrogens is 509 g/mol. The first-order valence-corrected chi connectivity index (χ1v) is 12.2. The topological polar surface area (TPSA) is 92.2 Å². The average Bonchev–Trinajstić information content (AvgIpc) is 3.53. The summed E-state index contributed by atoms with van der Waals surface area (Å²) in [6.07, 6.45) is 0.758. The molecule has 8 nitrogen and oxygen atoms in total. The lowest BCUT2D eigenvalue weighted by molar-refractivity contribution is -0.137. The number of halogens is 3. The lowest BCUT2D eigenvalue weighted by Gasteiger charge is -2.20. The van der Waals surface area contributed by atoms with Gasteiger partial charge in [-0.05, 0) is 66.9 Å². The van der Waals surface area contributed by atoms with E-state index >= 15 is 0 Å². The van der Waals surface area contributed by atoms with Crippen LogP contribution in [0.25, 0.3) is 5.69 Å². The molecule has 0 radical (unpaired) electrons. The van der Waals surface area contributed by atoms with E-state index in [2.05, 4.69) is 25.5 Å². The van der Waals surface area contributed by atoms with Crippen LogP contribution in [0, 0.1) is 6.92 Å². The second kappa shape index (κ2) is 10.2. The van der Waals surface area contributed by atoms with Gasteiger partial charge in [-0.2, -0.15) is 13.2 Å². The van der Waals surface area contributed by atoms with E-state index in [1.807, 2.05) is 18.2 Å². The Balaban J connectivity index is 1.39. The monoisotopic (exact) mass is 534 g/mol. The smallest absolute Gasteiger partial charge is 0.367 e. The fourth-order valence-electron chi connectivity index (χ4n) is 4.55. The number of rotatable bonds is 6. The molecule has 0 atom stereocenters. The van der Waals surface area contributed by atoms with Gasteiger partial charge in [-0.15, -0.1) is 0 Å². The number of alkyl halides is 3. The van der Waals surface area contributed by atoms with Crippen LogP contribution >= 0.6 is 0 Å². The molecule has 0 bridgehead atoms. The van der Waals surface area contributed by atoms with Gasteiger partial charge in [0.2, 0.25) is 0 Å². The zero-order valence-corrected chi connectivity index (χ0v) is 21.2. The molecule has 39 heavy (non-hydrogen) atoms. The molecule has 1 aliphatic rings. The van der Waals surface area contributed by atoms with Gasteiger partial charge >= 0.3 is 6.18 Å². The summed E-state index contributed by atoms with van der Waals surface area (Å²) in [5, 5.41) is 5.31. The summed E-state index contributed by atoms with van der Waals surface area (Å²) in [7, 11) is 1.54. The number of nitrogens with one attached hydrogen (secondary N) is 2. The van der Waals surface area contributed by atoms with Crippen molar-refractivity contribution in [1.82, 2.24) is 19.9 Å². The largest absolute Gasteiger partial charge is 0.416 e. The fraction of sp³-hybridized carbons (Fsp3) is 0.214. The highest BCUT2D eigenvalue weighted by Gasteiger charge is 2.32. The summed E-state index contributed by atoms with van der Waals surface area (Å²) < 4.78 is 42.3. The predicted molar refractivity (Wildman–Crippen MR) is 140 cm³/mol. The number of hydrogen-bond acceptors (Lipinski definition) is 5. The Hall–Kier alpha value is -4.67. The van der Waals surface area contributed by atoms with Crippen molar-refractivity contribution in [3.8, 4) is 5.69 Å². The third-order valence-corrected chi connectivity index (χ3v) is 6.51. The normalized spacial score (nSPS) is 12.8. The quantitative estimate of drug-likeness (QED) is 0.372. The maximum Gasteiger partial charge on any atom is 0.416 e. The van der Waals surface area contributed by atoms with Gasteiger partial charge in [0.1, 0.15) is 5.69 Å². The second-order valence-electron chi connectivity index (χ2n) is 9.29. The van der Waals surface area contributed by atoms with Crippen LogP contribution in [0.3, 0.4) is 0 Å². The van der Waals surface area contributed by atoms with Crippen LogP contribution in [0.15, 0.2) is 67.3 Å². The van der Waals surface area contributed by atoms with Crippen molar-refractivity contribution >= 4 is 23.2 Å². The summed E-state index contributed by atoms with van der Waals surface area (Å²) in [5.74, 6) is -0.933. The minimum absolute atomic E-state index is 0.123. The van der Waals surface area contributed by atoms with Crippen LogP contribution in [0.4, 0.5) is 24.5 Å². The minimum Gasteiger partial charge on any atom is -0.367 e. The molecule has 0 saturated carbocycles. The number of imidazole rings is 1. The Morgan fingerprint density at radius 3 is 2.56 bits per heavy atom. The Labute approximate surface area is 222 Å². The maximum atomic E-state index is 13.6. The van der Waals surface area contributed by atoms with Crippen molar-refractivity contribution < 1.29 is 22.8 Å². The fourth-order valence-corrected chi connectivity index (χ4v) is 4.55. The maximum absolute atomic E-state index is 13.6. The molecule has 4 aromatic rings. The lowest BCUT2D eigenvalue weighted by atomic mass is 10.1. The number of nitrogens with zero attached hydrogens (tertiary/aromatic N) is 4. The number of anilines is 2. The number of amides is 2. The Morgan fingerprint density at radius 2 is 1.85 bits per heavy atom. The van der Waals surface area contributed by atoms with E-state index in [0.29, 0.717) is 23.6 Å². The molecule has 0 fully saturated rings. The lowest BCUT2D eigenvalue weighted by Crippen LogP contribution is -2.22. The third-order valence-electron chi connectivity index (χ3n) is 6.51. The summed E-state index contributed by atoms with van der Waals surface area (Å²) in [5.41, 5.74) is 3.45. The zero-order valence-electron chi connectivity index (χ0n) is 21.2. The van der Waals surface area contributed by atoms with Crippen molar-refractivity contribution in [3.05, 3.63) is 101 Å². The highest BCUT2D eigenvalue weighted by atomic mass is 19.4. The average molecular weight is 535 g/mol. The summed E-state index contributed by atoms with van der Waals surface area (Å²) in [6, 6.07) is 12.3. The van der Waals surface area contributed by atoms with Crippen LogP contribution < -0.4 is 15.5 Å². The van der Waals surface area contributed by atoms with Gasteiger partial charge in [-0.1, -0.05) is 6.07 Å². The number of aromatic nitrogens is 3. The van der Waals surface area contributed by atoms with E-state index in [9.17, 15) is 22.8 Å². The van der Waals surface area contributed by atoms with E-state index in [1.54, 1.807) is 38.5 Å². The van der Waals surface area contributed by atoms with Gasteiger partial charge in [-0.3, -0.25) is 14.6 Å². The minimum atomic E-state index is -4.63. The van der Waals surface area contributed by atoms with Gasteiger partial charge in [-0.25, -0.2) is 4.98 Å². The molecule has 0 aliphatic carbocycles. The summed E-state index contributed by atoms with van der Waals surface area (Å²) in [4.78, 5) is 35.4. The van der Waals surface area contributed by atoms with Crippen molar-refractivity contribution in [1.29, 1.82) is 0 Å². The van der Waals surface area contributed by atoms with Gasteiger partial charge in [0.25, 0.3) is 11.8 Å².